The van der Waals surface area contributed by atoms with Crippen molar-refractivity contribution < 1.29 is 4.84 Å². The normalized spacial score (nSPS) is 11.6. The molecule has 1 N–H and O–H groups in total. The van der Waals surface area contributed by atoms with E-state index in [4.69, 9.17) is 16.4 Å². The van der Waals surface area contributed by atoms with Gasteiger partial charge in [-0.25, -0.2) is 0 Å². The van der Waals surface area contributed by atoms with E-state index in [1.54, 1.807) is 6.08 Å². The predicted octanol–water partition coefficient (Wildman–Crippen LogP) is 1.92. The molecule has 0 heterocycles. The van der Waals surface area contributed by atoms with Gasteiger partial charge >= 0.3 is 0 Å². The van der Waals surface area contributed by atoms with Gasteiger partial charge < -0.3 is 4.84 Å². The second-order valence-corrected chi connectivity index (χ2v) is 2.67. The van der Waals surface area contributed by atoms with Gasteiger partial charge in [0.15, 0.2) is 0 Å². The first-order chi connectivity index (χ1) is 4.77. The van der Waals surface area contributed by atoms with Crippen molar-refractivity contribution in [3.8, 4) is 0 Å². The Morgan fingerprint density at radius 1 is 1.60 bits per heavy atom. The smallest absolute Gasteiger partial charge is 0.0705 e. The van der Waals surface area contributed by atoms with Crippen LogP contribution in [0.1, 0.15) is 13.8 Å². The highest BCUT2D eigenvalue weighted by Gasteiger charge is 1.90. The summed E-state index contributed by atoms with van der Waals surface area (Å²) in [5.74, 6) is 0.562. The zero-order chi connectivity index (χ0) is 7.82. The molecule has 0 rings (SSSR count). The summed E-state index contributed by atoms with van der Waals surface area (Å²) in [5.41, 5.74) is 4.21. The van der Waals surface area contributed by atoms with Gasteiger partial charge in [-0.2, -0.15) is 5.48 Å². The van der Waals surface area contributed by atoms with Gasteiger partial charge in [0, 0.05) is 12.1 Å². The van der Waals surface area contributed by atoms with Crippen LogP contribution in [0, 0.1) is 5.92 Å². The molecule has 0 aliphatic rings. The number of nitrogens with one attached hydrogen (secondary N) is 1. The van der Waals surface area contributed by atoms with Crippen molar-refractivity contribution >= 4 is 11.6 Å². The van der Waals surface area contributed by atoms with Crippen molar-refractivity contribution in [2.45, 2.75) is 13.8 Å². The zero-order valence-electron chi connectivity index (χ0n) is 6.43. The van der Waals surface area contributed by atoms with E-state index in [-0.39, 0.29) is 0 Å². The molecule has 0 aromatic heterocycles. The molecule has 2 nitrogen and oxygen atoms in total. The first-order valence-electron chi connectivity index (χ1n) is 3.37. The molecule has 60 valence electrons. The first-order valence-corrected chi connectivity index (χ1v) is 3.81. The van der Waals surface area contributed by atoms with Gasteiger partial charge in [-0.05, 0) is 5.92 Å². The van der Waals surface area contributed by atoms with Crippen LogP contribution in [0.2, 0.25) is 0 Å². The molecule has 0 bridgehead atoms. The molecule has 10 heavy (non-hydrogen) atoms. The molecule has 0 amide bonds. The van der Waals surface area contributed by atoms with Crippen molar-refractivity contribution in [1.82, 2.24) is 5.48 Å². The van der Waals surface area contributed by atoms with Gasteiger partial charge in [0.2, 0.25) is 0 Å². The van der Waals surface area contributed by atoms with Crippen molar-refractivity contribution in [2.24, 2.45) is 5.92 Å². The van der Waals surface area contributed by atoms with Gasteiger partial charge in [0.25, 0.3) is 0 Å². The number of hydrogen-bond acceptors (Lipinski definition) is 2. The van der Waals surface area contributed by atoms with Crippen LogP contribution in [-0.2, 0) is 4.84 Å². The van der Waals surface area contributed by atoms with Crippen LogP contribution in [0.4, 0.5) is 0 Å². The van der Waals surface area contributed by atoms with Crippen molar-refractivity contribution in [3.05, 3.63) is 11.6 Å². The van der Waals surface area contributed by atoms with E-state index < -0.39 is 0 Å². The summed E-state index contributed by atoms with van der Waals surface area (Å²) in [5, 5.41) is 0. The maximum atomic E-state index is 5.27. The molecule has 0 aliphatic carbocycles. The Bertz CT molecular complexity index is 93.6. The Balaban J connectivity index is 2.91. The summed E-state index contributed by atoms with van der Waals surface area (Å²) < 4.78 is 0. The molecule has 0 aliphatic heterocycles. The SMILES string of the molecule is CC(C)CONC/C=C/Cl. The Hall–Kier alpha value is -0.0500. The Kier molecular flexibility index (Phi) is 7.03. The topological polar surface area (TPSA) is 21.3 Å². The summed E-state index contributed by atoms with van der Waals surface area (Å²) >= 11 is 5.27. The molecule has 0 aromatic carbocycles. The van der Waals surface area contributed by atoms with Crippen molar-refractivity contribution in [1.29, 1.82) is 0 Å². The predicted molar refractivity (Wildman–Crippen MR) is 43.8 cm³/mol. The highest BCUT2D eigenvalue weighted by atomic mass is 35.5. The van der Waals surface area contributed by atoms with Gasteiger partial charge in [-0.15, -0.1) is 0 Å². The quantitative estimate of drug-likeness (QED) is 0.494. The van der Waals surface area contributed by atoms with Crippen LogP contribution in [-0.4, -0.2) is 13.2 Å². The Morgan fingerprint density at radius 3 is 2.80 bits per heavy atom. The number of hydroxylamine groups is 1. The molecule has 0 saturated heterocycles. The van der Waals surface area contributed by atoms with E-state index >= 15 is 0 Å². The molecule has 0 fully saturated rings. The van der Waals surface area contributed by atoms with E-state index in [0.717, 1.165) is 6.61 Å². The number of hydrogen-bond donors (Lipinski definition) is 1. The van der Waals surface area contributed by atoms with Crippen LogP contribution in [0.3, 0.4) is 0 Å². The molecular formula is C7H14ClNO. The largest absolute Gasteiger partial charge is 0.301 e. The maximum absolute atomic E-state index is 5.27. The fourth-order valence-electron chi connectivity index (χ4n) is 0.377. The van der Waals surface area contributed by atoms with Crippen LogP contribution in [0.15, 0.2) is 11.6 Å². The molecular weight excluding hydrogens is 150 g/mol. The monoisotopic (exact) mass is 163 g/mol. The first kappa shape index (κ1) is 9.95. The summed E-state index contributed by atoms with van der Waals surface area (Å²) in [6.07, 6.45) is 1.78. The average Bonchev–Trinajstić information content (AvgIpc) is 1.87. The highest BCUT2D eigenvalue weighted by Crippen LogP contribution is 1.89. The molecule has 0 saturated carbocycles. The van der Waals surface area contributed by atoms with Crippen LogP contribution in [0.5, 0.6) is 0 Å². The molecule has 0 radical (unpaired) electrons. The van der Waals surface area contributed by atoms with E-state index in [1.807, 2.05) is 0 Å². The average molecular weight is 164 g/mol. The minimum atomic E-state index is 0.562. The minimum absolute atomic E-state index is 0.562. The lowest BCUT2D eigenvalue weighted by Gasteiger charge is -2.04. The number of rotatable bonds is 5. The van der Waals surface area contributed by atoms with Crippen LogP contribution >= 0.6 is 11.6 Å². The highest BCUT2D eigenvalue weighted by molar-refractivity contribution is 6.25. The molecule has 0 aromatic rings. The molecule has 0 spiro atoms. The van der Waals surface area contributed by atoms with Gasteiger partial charge in [0.05, 0.1) is 6.61 Å². The van der Waals surface area contributed by atoms with E-state index in [2.05, 4.69) is 19.3 Å². The summed E-state index contributed by atoms with van der Waals surface area (Å²) in [6.45, 7) is 5.59. The van der Waals surface area contributed by atoms with Crippen molar-refractivity contribution in [3.63, 3.8) is 0 Å². The third kappa shape index (κ3) is 7.95. The van der Waals surface area contributed by atoms with Gasteiger partial charge in [-0.1, -0.05) is 31.5 Å². The fraction of sp³-hybridized carbons (Fsp3) is 0.714. The van der Waals surface area contributed by atoms with Crippen molar-refractivity contribution in [2.75, 3.05) is 13.2 Å². The second-order valence-electron chi connectivity index (χ2n) is 2.42. The minimum Gasteiger partial charge on any atom is -0.301 e. The van der Waals surface area contributed by atoms with Gasteiger partial charge in [0.1, 0.15) is 0 Å². The van der Waals surface area contributed by atoms with E-state index in [0.29, 0.717) is 12.5 Å². The third-order valence-electron chi connectivity index (χ3n) is 0.809. The lowest BCUT2D eigenvalue weighted by Crippen LogP contribution is -2.17. The lowest BCUT2D eigenvalue weighted by atomic mass is 10.2. The standard InChI is InChI=1S/C7H14ClNO/c1-7(2)6-10-9-5-3-4-8/h3-4,7,9H,5-6H2,1-2H3/b4-3+. The van der Waals surface area contributed by atoms with Gasteiger partial charge in [-0.3, -0.25) is 0 Å². The van der Waals surface area contributed by atoms with E-state index in [1.165, 1.54) is 5.54 Å². The zero-order valence-corrected chi connectivity index (χ0v) is 7.19. The number of halogens is 1. The summed E-state index contributed by atoms with van der Waals surface area (Å²) in [4.78, 5) is 5.04. The molecule has 3 heteroatoms. The van der Waals surface area contributed by atoms with E-state index in [9.17, 15) is 0 Å². The van der Waals surface area contributed by atoms with Crippen LogP contribution < -0.4 is 5.48 Å². The molecule has 0 atom stereocenters. The van der Waals surface area contributed by atoms with Crippen LogP contribution in [0.25, 0.3) is 0 Å². The Morgan fingerprint density at radius 2 is 2.30 bits per heavy atom. The lowest BCUT2D eigenvalue weighted by molar-refractivity contribution is 0.0306. The molecule has 0 unspecified atom stereocenters. The summed E-state index contributed by atoms with van der Waals surface area (Å²) in [6, 6.07) is 0. The second kappa shape index (κ2) is 7.06. The fourth-order valence-corrected chi connectivity index (χ4v) is 0.466. The maximum Gasteiger partial charge on any atom is 0.0705 e. The Labute approximate surface area is 67.2 Å². The summed E-state index contributed by atoms with van der Waals surface area (Å²) in [7, 11) is 0. The third-order valence-corrected chi connectivity index (χ3v) is 0.987.